The van der Waals surface area contributed by atoms with E-state index in [1.165, 1.54) is 18.3 Å². The summed E-state index contributed by atoms with van der Waals surface area (Å²) in [5, 5.41) is 11.5. The third kappa shape index (κ3) is 3.55. The molecule has 1 aromatic rings. The van der Waals surface area contributed by atoms with Gasteiger partial charge in [0.2, 0.25) is 0 Å². The van der Waals surface area contributed by atoms with E-state index in [2.05, 4.69) is 10.3 Å². The van der Waals surface area contributed by atoms with Crippen LogP contribution in [0.1, 0.15) is 47.5 Å². The molecular weight excluding hydrogens is 220 g/mol. The molecule has 0 saturated carbocycles. The Morgan fingerprint density at radius 2 is 2.00 bits per heavy atom. The van der Waals surface area contributed by atoms with E-state index in [-0.39, 0.29) is 17.6 Å². The highest BCUT2D eigenvalue weighted by Gasteiger charge is 2.12. The Morgan fingerprint density at radius 3 is 2.41 bits per heavy atom. The van der Waals surface area contributed by atoms with Gasteiger partial charge in [0, 0.05) is 12.2 Å². The molecule has 0 radical (unpaired) electrons. The average Bonchev–Trinajstić information content (AvgIpc) is 2.35. The zero-order valence-electron chi connectivity index (χ0n) is 9.93. The van der Waals surface area contributed by atoms with Gasteiger partial charge in [-0.2, -0.15) is 0 Å². The molecule has 0 atom stereocenters. The summed E-state index contributed by atoms with van der Waals surface area (Å²) in [5.74, 6) is -1.32. The van der Waals surface area contributed by atoms with Gasteiger partial charge in [0.15, 0.2) is 0 Å². The van der Waals surface area contributed by atoms with Crippen LogP contribution in [-0.2, 0) is 0 Å². The third-order valence-corrected chi connectivity index (χ3v) is 2.57. The Labute approximate surface area is 99.9 Å². The molecule has 0 aliphatic heterocycles. The number of aromatic nitrogens is 1. The van der Waals surface area contributed by atoms with Gasteiger partial charge < -0.3 is 10.4 Å². The molecule has 0 spiro atoms. The van der Waals surface area contributed by atoms with Gasteiger partial charge >= 0.3 is 5.97 Å². The van der Waals surface area contributed by atoms with Crippen molar-refractivity contribution in [3.63, 3.8) is 0 Å². The maximum absolute atomic E-state index is 11.8. The van der Waals surface area contributed by atoms with Gasteiger partial charge in [-0.3, -0.25) is 4.79 Å². The molecule has 1 rings (SSSR count). The smallest absolute Gasteiger partial charge is 0.354 e. The van der Waals surface area contributed by atoms with Crippen LogP contribution in [0, 0.1) is 0 Å². The molecule has 0 saturated heterocycles. The second kappa shape index (κ2) is 5.98. The molecule has 2 N–H and O–H groups in total. The minimum absolute atomic E-state index is 0.0657. The Balaban J connectivity index is 2.73. The summed E-state index contributed by atoms with van der Waals surface area (Å²) in [6.45, 7) is 4.00. The van der Waals surface area contributed by atoms with Crippen molar-refractivity contribution in [2.75, 3.05) is 0 Å². The molecule has 0 fully saturated rings. The predicted molar refractivity (Wildman–Crippen MR) is 63.0 cm³/mol. The number of hydrogen-bond donors (Lipinski definition) is 2. The fraction of sp³-hybridized carbons (Fsp3) is 0.417. The molecule has 0 aromatic carbocycles. The molecule has 5 heteroatoms. The van der Waals surface area contributed by atoms with Gasteiger partial charge in [0.1, 0.15) is 5.69 Å². The lowest BCUT2D eigenvalue weighted by Crippen LogP contribution is -2.33. The van der Waals surface area contributed by atoms with Crippen molar-refractivity contribution in [2.24, 2.45) is 0 Å². The van der Waals surface area contributed by atoms with E-state index >= 15 is 0 Å². The zero-order chi connectivity index (χ0) is 12.8. The van der Waals surface area contributed by atoms with Crippen molar-refractivity contribution < 1.29 is 14.7 Å². The van der Waals surface area contributed by atoms with E-state index in [4.69, 9.17) is 5.11 Å². The number of rotatable bonds is 5. The molecular formula is C12H16N2O3. The number of nitrogens with one attached hydrogen (secondary N) is 1. The number of hydrogen-bond acceptors (Lipinski definition) is 3. The highest BCUT2D eigenvalue weighted by molar-refractivity contribution is 5.95. The maximum Gasteiger partial charge on any atom is 0.354 e. The summed E-state index contributed by atoms with van der Waals surface area (Å²) in [6, 6.07) is 2.93. The average molecular weight is 236 g/mol. The first-order valence-electron chi connectivity index (χ1n) is 5.58. The van der Waals surface area contributed by atoms with Gasteiger partial charge in [-0.1, -0.05) is 13.8 Å². The van der Waals surface area contributed by atoms with Crippen LogP contribution in [0.5, 0.6) is 0 Å². The molecule has 0 bridgehead atoms. The molecule has 92 valence electrons. The molecule has 0 unspecified atom stereocenters. The number of nitrogens with zero attached hydrogens (tertiary/aromatic N) is 1. The van der Waals surface area contributed by atoms with Crippen molar-refractivity contribution >= 4 is 11.9 Å². The lowest BCUT2D eigenvalue weighted by atomic mass is 10.1. The lowest BCUT2D eigenvalue weighted by molar-refractivity contribution is 0.0689. The zero-order valence-corrected chi connectivity index (χ0v) is 9.93. The van der Waals surface area contributed by atoms with Crippen molar-refractivity contribution in [1.29, 1.82) is 0 Å². The predicted octanol–water partition coefficient (Wildman–Crippen LogP) is 1.70. The summed E-state index contributed by atoms with van der Waals surface area (Å²) in [7, 11) is 0. The summed E-state index contributed by atoms with van der Waals surface area (Å²) in [4.78, 5) is 26.0. The summed E-state index contributed by atoms with van der Waals surface area (Å²) >= 11 is 0. The molecule has 5 nitrogen and oxygen atoms in total. The fourth-order valence-electron chi connectivity index (χ4n) is 1.42. The molecule has 1 amide bonds. The van der Waals surface area contributed by atoms with Crippen molar-refractivity contribution in [1.82, 2.24) is 10.3 Å². The highest BCUT2D eigenvalue weighted by atomic mass is 16.4. The minimum Gasteiger partial charge on any atom is -0.477 e. The monoisotopic (exact) mass is 236 g/mol. The third-order valence-electron chi connectivity index (χ3n) is 2.57. The van der Waals surface area contributed by atoms with E-state index in [0.717, 1.165) is 12.8 Å². The number of carboxylic acids is 1. The summed E-state index contributed by atoms with van der Waals surface area (Å²) in [6.07, 6.45) is 3.01. The van der Waals surface area contributed by atoms with Crippen molar-refractivity contribution in [3.05, 3.63) is 29.6 Å². The van der Waals surface area contributed by atoms with Crippen LogP contribution < -0.4 is 5.32 Å². The summed E-state index contributed by atoms with van der Waals surface area (Å²) < 4.78 is 0. The first kappa shape index (κ1) is 13.2. The van der Waals surface area contributed by atoms with Crippen molar-refractivity contribution in [3.8, 4) is 0 Å². The Morgan fingerprint density at radius 1 is 1.35 bits per heavy atom. The number of carbonyl (C=O) groups is 2. The largest absolute Gasteiger partial charge is 0.477 e. The number of pyridine rings is 1. The Hall–Kier alpha value is -1.91. The van der Waals surface area contributed by atoms with Gasteiger partial charge in [0.05, 0.1) is 5.56 Å². The molecule has 17 heavy (non-hydrogen) atoms. The van der Waals surface area contributed by atoms with Gasteiger partial charge in [-0.15, -0.1) is 0 Å². The van der Waals surface area contributed by atoms with Crippen LogP contribution in [0.4, 0.5) is 0 Å². The van der Waals surface area contributed by atoms with Crippen LogP contribution in [0.25, 0.3) is 0 Å². The number of carboxylic acid groups (broad SMARTS) is 1. The molecule has 1 aromatic heterocycles. The quantitative estimate of drug-likeness (QED) is 0.815. The highest BCUT2D eigenvalue weighted by Crippen LogP contribution is 2.03. The van der Waals surface area contributed by atoms with Crippen molar-refractivity contribution in [2.45, 2.75) is 32.7 Å². The topological polar surface area (TPSA) is 79.3 Å². The SMILES string of the molecule is CCC(CC)NC(=O)c1ccc(C(=O)O)nc1. The fourth-order valence-corrected chi connectivity index (χ4v) is 1.42. The van der Waals surface area contributed by atoms with E-state index < -0.39 is 5.97 Å². The van der Waals surface area contributed by atoms with Crippen LogP contribution >= 0.6 is 0 Å². The van der Waals surface area contributed by atoms with Crippen LogP contribution in [0.2, 0.25) is 0 Å². The normalized spacial score (nSPS) is 10.3. The van der Waals surface area contributed by atoms with E-state index in [1.54, 1.807) is 0 Å². The molecule has 0 aliphatic rings. The first-order chi connectivity index (χ1) is 8.08. The van der Waals surface area contributed by atoms with Gasteiger partial charge in [-0.25, -0.2) is 9.78 Å². The Kier molecular flexibility index (Phi) is 4.63. The lowest BCUT2D eigenvalue weighted by Gasteiger charge is -2.14. The standard InChI is InChI=1S/C12H16N2O3/c1-3-9(4-2)14-11(15)8-5-6-10(12(16)17)13-7-8/h5-7,9H,3-4H2,1-2H3,(H,14,15)(H,16,17). The minimum atomic E-state index is -1.10. The maximum atomic E-state index is 11.8. The first-order valence-corrected chi connectivity index (χ1v) is 5.58. The van der Waals surface area contributed by atoms with E-state index in [1.807, 2.05) is 13.8 Å². The number of carbonyl (C=O) groups excluding carboxylic acids is 1. The van der Waals surface area contributed by atoms with E-state index in [9.17, 15) is 9.59 Å². The summed E-state index contributed by atoms with van der Waals surface area (Å²) in [5.41, 5.74) is 0.311. The Bertz CT molecular complexity index is 397. The van der Waals surface area contributed by atoms with Crippen LogP contribution in [0.15, 0.2) is 18.3 Å². The second-order valence-corrected chi connectivity index (χ2v) is 3.72. The van der Waals surface area contributed by atoms with Gasteiger partial charge in [-0.05, 0) is 25.0 Å². The molecule has 1 heterocycles. The number of amides is 1. The molecule has 0 aliphatic carbocycles. The van der Waals surface area contributed by atoms with Crippen LogP contribution in [0.3, 0.4) is 0 Å². The van der Waals surface area contributed by atoms with Gasteiger partial charge in [0.25, 0.3) is 5.91 Å². The second-order valence-electron chi connectivity index (χ2n) is 3.72. The van der Waals surface area contributed by atoms with Crippen LogP contribution in [-0.4, -0.2) is 28.0 Å². The van der Waals surface area contributed by atoms with E-state index in [0.29, 0.717) is 5.56 Å². The number of aromatic carboxylic acids is 1.